The molecule has 7 aromatic rings. The molecule has 16 rings (SSSR count). The lowest BCUT2D eigenvalue weighted by molar-refractivity contribution is -0.158. The summed E-state index contributed by atoms with van der Waals surface area (Å²) in [6, 6.07) is 48.3. The van der Waals surface area contributed by atoms with Crippen molar-refractivity contribution in [3.63, 3.8) is 0 Å². The minimum Gasteiger partial charge on any atom is -0.508 e. The van der Waals surface area contributed by atoms with Gasteiger partial charge in [-0.05, 0) is 122 Å². The lowest BCUT2D eigenvalue weighted by Gasteiger charge is -2.52. The van der Waals surface area contributed by atoms with Crippen molar-refractivity contribution < 1.29 is 94.4 Å². The molecule has 0 saturated carbocycles. The molecule has 14 atom stereocenters. The van der Waals surface area contributed by atoms with Gasteiger partial charge in [0, 0.05) is 88.3 Å². The summed E-state index contributed by atoms with van der Waals surface area (Å²) < 4.78 is 117. The maximum Gasteiger partial charge on any atom is 0.233 e. The van der Waals surface area contributed by atoms with Crippen LogP contribution in [0.5, 0.6) is 5.75 Å². The minimum atomic E-state index is -1.10. The molecule has 0 aliphatic carbocycles. The second kappa shape index (κ2) is 42.5. The molecule has 9 aliphatic heterocycles. The Morgan fingerprint density at radius 1 is 0.521 bits per heavy atom. The SMILES string of the molecule is C.C=C1N[C@@]2(c3cc(Br)ccc3F)CO[C@@H](COC)C[C@H]2C(=O)N1C.C=C1N[C@@]2(c3cc(O)ccc3F)CO[C@@H](COC)C[C@H]2C(=O)N1C.Fc1ccc(Br)cc1[C@]12CO[C@@H](COCc3ccccc3)C[C@H]1CON2.N[C@@]1(c2cc(Br)ccc2F)CO[C@@H](COCc2ccccc2)C[C@H]1CO.c1ccc(COC[C@H]2C[C@H]3CON=C3CO2)cc1. The van der Waals surface area contributed by atoms with E-state index < -0.39 is 45.6 Å². The van der Waals surface area contributed by atoms with E-state index >= 15 is 0 Å². The molecular formula is C89H106Br3F4N7O16. The summed E-state index contributed by atoms with van der Waals surface area (Å²) in [5.74, 6) is -1.83. The number of aliphatic hydroxyl groups excluding tert-OH is 1. The van der Waals surface area contributed by atoms with Gasteiger partial charge in [0.15, 0.2) is 0 Å². The van der Waals surface area contributed by atoms with Gasteiger partial charge in [0.1, 0.15) is 58.3 Å². The van der Waals surface area contributed by atoms with Crippen LogP contribution in [0, 0.1) is 52.9 Å². The predicted molar refractivity (Wildman–Crippen MR) is 449 cm³/mol. The molecule has 30 heteroatoms. The maximum atomic E-state index is 14.6. The van der Waals surface area contributed by atoms with Crippen molar-refractivity contribution in [2.75, 3.05) is 114 Å². The summed E-state index contributed by atoms with van der Waals surface area (Å²) in [5.41, 5.74) is 11.7. The number of phenols is 1. The quantitative estimate of drug-likeness (QED) is 0.0365. The summed E-state index contributed by atoms with van der Waals surface area (Å²) in [6.07, 6.45) is 2.57. The smallest absolute Gasteiger partial charge is 0.233 e. The van der Waals surface area contributed by atoms with Crippen LogP contribution in [0.25, 0.3) is 0 Å². The Labute approximate surface area is 717 Å². The van der Waals surface area contributed by atoms with Crippen molar-refractivity contribution in [1.82, 2.24) is 25.9 Å². The fraction of sp³-hybridized carbons (Fsp3) is 0.449. The van der Waals surface area contributed by atoms with E-state index in [4.69, 9.17) is 62.8 Å². The number of aromatic hydroxyl groups is 1. The molecule has 642 valence electrons. The van der Waals surface area contributed by atoms with Crippen molar-refractivity contribution in [2.24, 2.45) is 40.5 Å². The number of methoxy groups -OCH3 is 2. The number of nitrogens with zero attached hydrogens (tertiary/aromatic N) is 3. The summed E-state index contributed by atoms with van der Waals surface area (Å²) in [4.78, 5) is 39.2. The van der Waals surface area contributed by atoms with Crippen LogP contribution in [-0.4, -0.2) is 182 Å². The molecule has 7 aromatic carbocycles. The van der Waals surface area contributed by atoms with Gasteiger partial charge < -0.3 is 93.4 Å². The second-order valence-electron chi connectivity index (χ2n) is 30.9. The molecule has 0 radical (unpaired) electrons. The first-order valence-corrected chi connectivity index (χ1v) is 41.5. The fourth-order valence-electron chi connectivity index (χ4n) is 16.4. The number of benzene rings is 7. The largest absolute Gasteiger partial charge is 0.508 e. The molecule has 0 unspecified atom stereocenters. The Hall–Kier alpha value is -7.57. The third-order valence-corrected chi connectivity index (χ3v) is 24.5. The number of nitrogens with one attached hydrogen (secondary N) is 3. The number of oxime groups is 1. The zero-order valence-electron chi connectivity index (χ0n) is 66.3. The van der Waals surface area contributed by atoms with E-state index in [9.17, 15) is 37.4 Å². The molecule has 23 nitrogen and oxygen atoms in total. The van der Waals surface area contributed by atoms with E-state index in [0.29, 0.717) is 133 Å². The molecule has 119 heavy (non-hydrogen) atoms. The van der Waals surface area contributed by atoms with Crippen molar-refractivity contribution in [1.29, 1.82) is 0 Å². The number of hydroxylamine groups is 1. The number of hydrogen-bond donors (Lipinski definition) is 6. The highest BCUT2D eigenvalue weighted by atomic mass is 79.9. The first-order valence-electron chi connectivity index (χ1n) is 39.1. The monoisotopic (exact) mass is 1840 g/mol. The first kappa shape index (κ1) is 92.2. The first-order chi connectivity index (χ1) is 56.9. The topological polar surface area (TPSA) is 266 Å². The van der Waals surface area contributed by atoms with E-state index in [2.05, 4.69) is 94.3 Å². The molecule has 0 bridgehead atoms. The number of carbonyl (C=O) groups is 2. The number of amides is 2. The fourth-order valence-corrected chi connectivity index (χ4v) is 17.5. The lowest BCUT2D eigenvalue weighted by atomic mass is 9.71. The van der Waals surface area contributed by atoms with E-state index in [-0.39, 0.29) is 111 Å². The van der Waals surface area contributed by atoms with Crippen LogP contribution >= 0.6 is 47.8 Å². The number of ether oxygens (including phenoxy) is 10. The summed E-state index contributed by atoms with van der Waals surface area (Å²) >= 11 is 10.2. The number of phenolic OH excluding ortho intramolecular Hbond substituents is 1. The number of halogens is 7. The van der Waals surface area contributed by atoms with Gasteiger partial charge in [-0.25, -0.2) is 17.6 Å². The van der Waals surface area contributed by atoms with Gasteiger partial charge >= 0.3 is 0 Å². The number of carbonyl (C=O) groups excluding carboxylic acids is 2. The van der Waals surface area contributed by atoms with Crippen LogP contribution in [0.2, 0.25) is 0 Å². The van der Waals surface area contributed by atoms with Crippen molar-refractivity contribution in [3.8, 4) is 5.75 Å². The Morgan fingerprint density at radius 2 is 0.924 bits per heavy atom. The van der Waals surface area contributed by atoms with Crippen LogP contribution < -0.4 is 21.8 Å². The molecular weight excluding hydrogens is 1740 g/mol. The van der Waals surface area contributed by atoms with Crippen LogP contribution in [0.3, 0.4) is 0 Å². The highest BCUT2D eigenvalue weighted by molar-refractivity contribution is 9.11. The molecule has 0 aromatic heterocycles. The van der Waals surface area contributed by atoms with Gasteiger partial charge in [0.05, 0.1) is 152 Å². The molecule has 2 amide bonds. The molecule has 8 fully saturated rings. The van der Waals surface area contributed by atoms with Crippen molar-refractivity contribution in [3.05, 3.63) is 264 Å². The number of nitrogens with two attached hydrogens (primary N) is 1. The average molecular weight is 1850 g/mol. The number of aliphatic hydroxyl groups is 1. The van der Waals surface area contributed by atoms with E-state index in [1.54, 1.807) is 64.7 Å². The Bertz CT molecular complexity index is 4420. The van der Waals surface area contributed by atoms with Gasteiger partial charge in [-0.2, -0.15) is 5.48 Å². The highest BCUT2D eigenvalue weighted by Gasteiger charge is 2.57. The number of fused-ring (bicyclic) bond motifs is 4. The highest BCUT2D eigenvalue weighted by Crippen LogP contribution is 2.48. The molecule has 9 aliphatic rings. The van der Waals surface area contributed by atoms with Crippen LogP contribution in [0.15, 0.2) is 207 Å². The van der Waals surface area contributed by atoms with Gasteiger partial charge in [-0.1, -0.05) is 165 Å². The summed E-state index contributed by atoms with van der Waals surface area (Å²) in [7, 11) is 6.45. The number of rotatable bonds is 21. The van der Waals surface area contributed by atoms with Crippen LogP contribution in [0.1, 0.15) is 78.5 Å². The summed E-state index contributed by atoms with van der Waals surface area (Å²) in [5, 5.41) is 30.0. The second-order valence-corrected chi connectivity index (χ2v) is 33.6. The minimum absolute atomic E-state index is 0. The van der Waals surface area contributed by atoms with E-state index in [1.807, 2.05) is 78.9 Å². The molecule has 8 saturated heterocycles. The average Bonchev–Trinajstić information content (AvgIpc) is 1.34. The van der Waals surface area contributed by atoms with Crippen molar-refractivity contribution in [2.45, 2.75) is 112 Å². The predicted octanol–water partition coefficient (Wildman–Crippen LogP) is 13.6. The van der Waals surface area contributed by atoms with E-state index in [1.165, 1.54) is 51.8 Å². The van der Waals surface area contributed by atoms with Crippen LogP contribution in [-0.2, 0) is 109 Å². The van der Waals surface area contributed by atoms with Gasteiger partial charge in [-0.15, -0.1) is 0 Å². The number of hydrogen-bond acceptors (Lipinski definition) is 21. The Kier molecular flexibility index (Phi) is 32.9. The Morgan fingerprint density at radius 3 is 1.39 bits per heavy atom. The standard InChI is InChI=1S/C20H21BrFNO3.C20H23BrFNO3.C17H20BrFN2O3.C17H21FN2O4.C14H17NO3.CH4/c21-16-6-7-19(22)18(9-16)20-13-25-17(8-15(20)11-26-23-20)12-24-10-14-4-2-1-3-5-14;21-16-6-7-19(22)18(9-16)20(23)13-26-17(8-15(20)10-24)12-25-11-14-4-2-1-3-5-14;1-10-20-17(13-6-11(18)4-5-15(13)19)9-24-12(8-23-3)7-14(17)16(22)21(10)2;1-10-19-17(13-6-11(21)4-5-15(13)18)9-24-12(8-23-3)7-14(17)16(22)20(10)2;1-2-4-11(5-3-1)7-16-9-13-6-12-8-18-15-14(12)10-17-13;/h1-7,9,15,17,23H,8,10-13H2;1-7,9,15,17,24H,8,10-13,23H2;4-6,12,14,20H,1,7-9H2,2-3H3;4-6,12,14,19,21H,1,7-9H2,2-3H3;1-5,12-13H,6-10H2;1H4/t2*15-,17+,20-;2*12-,14+,17-;12-,13+;/m00110./s1. The molecule has 0 spiro atoms. The maximum absolute atomic E-state index is 14.6. The van der Waals surface area contributed by atoms with Gasteiger partial charge in [0.25, 0.3) is 0 Å². The summed E-state index contributed by atoms with van der Waals surface area (Å²) in [6.45, 7) is 14.2. The molecule has 7 N–H and O–H groups in total. The van der Waals surface area contributed by atoms with Crippen molar-refractivity contribution >= 4 is 65.3 Å². The lowest BCUT2D eigenvalue weighted by Crippen LogP contribution is -2.66. The van der Waals surface area contributed by atoms with Gasteiger partial charge in [-0.3, -0.25) is 9.59 Å². The molecule has 9 heterocycles. The van der Waals surface area contributed by atoms with Gasteiger partial charge in [0.2, 0.25) is 11.8 Å². The third kappa shape index (κ3) is 22.1. The normalized spacial score (nSPS) is 27.9. The zero-order valence-corrected chi connectivity index (χ0v) is 71.1. The van der Waals surface area contributed by atoms with E-state index in [0.717, 1.165) is 43.1 Å². The third-order valence-electron chi connectivity index (χ3n) is 23.0. The zero-order chi connectivity index (χ0) is 83.7. The Balaban J connectivity index is 0.000000146. The van der Waals surface area contributed by atoms with Crippen LogP contribution in [0.4, 0.5) is 17.6 Å².